The molecule has 1 N–H and O–H groups in total. The zero-order chi connectivity index (χ0) is 11.5. The van der Waals surface area contributed by atoms with Crippen LogP contribution in [-0.4, -0.2) is 34.6 Å². The van der Waals surface area contributed by atoms with Crippen molar-refractivity contribution in [1.29, 1.82) is 0 Å². The standard InChI is InChI=1S/C12H23N3S/c1-16-11-5-3-7-13-6-2-4-9-15-10-8-14-12-15/h8,10,12-13H,2-7,9,11H2,1H3. The van der Waals surface area contributed by atoms with E-state index in [0.717, 1.165) is 13.1 Å². The minimum Gasteiger partial charge on any atom is -0.337 e. The first-order valence-corrected chi connectivity index (χ1v) is 7.48. The summed E-state index contributed by atoms with van der Waals surface area (Å²) in [5.74, 6) is 1.29. The van der Waals surface area contributed by atoms with Crippen LogP contribution in [0.25, 0.3) is 0 Å². The Kier molecular flexibility index (Phi) is 8.26. The van der Waals surface area contributed by atoms with E-state index in [1.54, 1.807) is 0 Å². The molecule has 0 aliphatic carbocycles. The molecule has 1 aromatic heterocycles. The summed E-state index contributed by atoms with van der Waals surface area (Å²) in [7, 11) is 0. The summed E-state index contributed by atoms with van der Waals surface area (Å²) in [5.41, 5.74) is 0. The van der Waals surface area contributed by atoms with E-state index in [2.05, 4.69) is 21.1 Å². The van der Waals surface area contributed by atoms with E-state index in [1.807, 2.05) is 30.5 Å². The number of nitrogens with one attached hydrogen (secondary N) is 1. The molecule has 0 fully saturated rings. The van der Waals surface area contributed by atoms with Gasteiger partial charge in [-0.15, -0.1) is 0 Å². The SMILES string of the molecule is CSCCCCNCCCCn1ccnc1. The molecule has 1 aromatic rings. The number of aromatic nitrogens is 2. The summed E-state index contributed by atoms with van der Waals surface area (Å²) in [6.07, 6.45) is 13.0. The third kappa shape index (κ3) is 6.90. The molecule has 0 atom stereocenters. The molecule has 92 valence electrons. The predicted molar refractivity (Wildman–Crippen MR) is 71.9 cm³/mol. The number of nitrogens with zero attached hydrogens (tertiary/aromatic N) is 2. The van der Waals surface area contributed by atoms with Crippen LogP contribution in [0.1, 0.15) is 25.7 Å². The molecule has 0 aliphatic rings. The van der Waals surface area contributed by atoms with Crippen molar-refractivity contribution in [3.05, 3.63) is 18.7 Å². The fourth-order valence-corrected chi connectivity index (χ4v) is 2.08. The average molecular weight is 241 g/mol. The van der Waals surface area contributed by atoms with Gasteiger partial charge in [0, 0.05) is 18.9 Å². The lowest BCUT2D eigenvalue weighted by atomic mass is 10.3. The molecule has 4 heteroatoms. The quantitative estimate of drug-likeness (QED) is 0.638. The lowest BCUT2D eigenvalue weighted by molar-refractivity contribution is 0.560. The Bertz CT molecular complexity index is 236. The van der Waals surface area contributed by atoms with Crippen LogP contribution in [0.2, 0.25) is 0 Å². The van der Waals surface area contributed by atoms with Gasteiger partial charge in [-0.1, -0.05) is 0 Å². The van der Waals surface area contributed by atoms with E-state index >= 15 is 0 Å². The smallest absolute Gasteiger partial charge is 0.0945 e. The van der Waals surface area contributed by atoms with E-state index in [-0.39, 0.29) is 0 Å². The molecule has 16 heavy (non-hydrogen) atoms. The number of thioether (sulfide) groups is 1. The van der Waals surface area contributed by atoms with E-state index in [1.165, 1.54) is 38.0 Å². The van der Waals surface area contributed by atoms with E-state index in [9.17, 15) is 0 Å². The number of hydrogen-bond acceptors (Lipinski definition) is 3. The highest BCUT2D eigenvalue weighted by molar-refractivity contribution is 7.98. The topological polar surface area (TPSA) is 29.9 Å². The lowest BCUT2D eigenvalue weighted by Crippen LogP contribution is -2.17. The summed E-state index contributed by atoms with van der Waals surface area (Å²) >= 11 is 1.94. The van der Waals surface area contributed by atoms with Gasteiger partial charge in [0.15, 0.2) is 0 Å². The average Bonchev–Trinajstić information content (AvgIpc) is 2.80. The van der Waals surface area contributed by atoms with Gasteiger partial charge in [-0.25, -0.2) is 4.98 Å². The van der Waals surface area contributed by atoms with E-state index in [0.29, 0.717) is 0 Å². The Hall–Kier alpha value is -0.480. The Morgan fingerprint density at radius 2 is 2.00 bits per heavy atom. The number of imidazole rings is 1. The molecular formula is C12H23N3S. The van der Waals surface area contributed by atoms with E-state index < -0.39 is 0 Å². The van der Waals surface area contributed by atoms with Crippen molar-refractivity contribution in [2.75, 3.05) is 25.1 Å². The molecule has 0 saturated carbocycles. The lowest BCUT2D eigenvalue weighted by Gasteiger charge is -2.04. The maximum atomic E-state index is 4.02. The zero-order valence-corrected chi connectivity index (χ0v) is 11.0. The van der Waals surface area contributed by atoms with Crippen molar-refractivity contribution in [2.24, 2.45) is 0 Å². The normalized spacial score (nSPS) is 10.8. The van der Waals surface area contributed by atoms with Crippen LogP contribution in [0, 0.1) is 0 Å². The first kappa shape index (κ1) is 13.6. The third-order valence-electron chi connectivity index (χ3n) is 2.53. The second kappa shape index (κ2) is 9.73. The van der Waals surface area contributed by atoms with Gasteiger partial charge in [0.1, 0.15) is 0 Å². The summed E-state index contributed by atoms with van der Waals surface area (Å²) < 4.78 is 2.14. The van der Waals surface area contributed by atoms with Crippen molar-refractivity contribution in [1.82, 2.24) is 14.9 Å². The van der Waals surface area contributed by atoms with Crippen LogP contribution in [0.4, 0.5) is 0 Å². The zero-order valence-electron chi connectivity index (χ0n) is 10.2. The van der Waals surface area contributed by atoms with Crippen molar-refractivity contribution in [3.8, 4) is 0 Å². The summed E-state index contributed by atoms with van der Waals surface area (Å²) in [6, 6.07) is 0. The fraction of sp³-hybridized carbons (Fsp3) is 0.750. The van der Waals surface area contributed by atoms with Crippen LogP contribution in [0.15, 0.2) is 18.7 Å². The van der Waals surface area contributed by atoms with Crippen molar-refractivity contribution >= 4 is 11.8 Å². The molecule has 0 unspecified atom stereocenters. The number of hydrogen-bond donors (Lipinski definition) is 1. The Morgan fingerprint density at radius 1 is 1.19 bits per heavy atom. The monoisotopic (exact) mass is 241 g/mol. The largest absolute Gasteiger partial charge is 0.337 e. The Morgan fingerprint density at radius 3 is 2.69 bits per heavy atom. The highest BCUT2D eigenvalue weighted by Crippen LogP contribution is 1.98. The highest BCUT2D eigenvalue weighted by atomic mass is 32.2. The van der Waals surface area contributed by atoms with Crippen molar-refractivity contribution in [3.63, 3.8) is 0 Å². The van der Waals surface area contributed by atoms with Gasteiger partial charge in [-0.05, 0) is 50.8 Å². The molecule has 0 saturated heterocycles. The number of rotatable bonds is 10. The van der Waals surface area contributed by atoms with Crippen LogP contribution in [-0.2, 0) is 6.54 Å². The van der Waals surface area contributed by atoms with Crippen LogP contribution >= 0.6 is 11.8 Å². The number of unbranched alkanes of at least 4 members (excludes halogenated alkanes) is 2. The second-order valence-electron chi connectivity index (χ2n) is 3.96. The Balaban J connectivity index is 1.78. The first-order chi connectivity index (χ1) is 7.93. The molecule has 1 rings (SSSR count). The van der Waals surface area contributed by atoms with Gasteiger partial charge in [0.2, 0.25) is 0 Å². The van der Waals surface area contributed by atoms with Crippen LogP contribution in [0.5, 0.6) is 0 Å². The molecular weight excluding hydrogens is 218 g/mol. The van der Waals surface area contributed by atoms with Gasteiger partial charge in [0.05, 0.1) is 6.33 Å². The summed E-state index contributed by atoms with van der Waals surface area (Å²) in [4.78, 5) is 4.02. The minimum atomic E-state index is 1.09. The third-order valence-corrected chi connectivity index (χ3v) is 3.23. The van der Waals surface area contributed by atoms with Crippen LogP contribution < -0.4 is 5.32 Å². The summed E-state index contributed by atoms with van der Waals surface area (Å²) in [5, 5.41) is 3.49. The molecule has 0 aromatic carbocycles. The second-order valence-corrected chi connectivity index (χ2v) is 4.94. The molecule has 0 aliphatic heterocycles. The van der Waals surface area contributed by atoms with Crippen molar-refractivity contribution < 1.29 is 0 Å². The summed E-state index contributed by atoms with van der Waals surface area (Å²) in [6.45, 7) is 3.41. The Labute approximate surface area is 103 Å². The maximum Gasteiger partial charge on any atom is 0.0945 e. The molecule has 0 amide bonds. The highest BCUT2D eigenvalue weighted by Gasteiger charge is 1.92. The first-order valence-electron chi connectivity index (χ1n) is 6.09. The van der Waals surface area contributed by atoms with Gasteiger partial charge in [-0.2, -0.15) is 11.8 Å². The molecule has 1 heterocycles. The van der Waals surface area contributed by atoms with Gasteiger partial charge >= 0.3 is 0 Å². The van der Waals surface area contributed by atoms with Gasteiger partial charge in [-0.3, -0.25) is 0 Å². The van der Waals surface area contributed by atoms with E-state index in [4.69, 9.17) is 0 Å². The molecule has 0 bridgehead atoms. The predicted octanol–water partition coefficient (Wildman–Crippen LogP) is 2.40. The molecule has 0 radical (unpaired) electrons. The van der Waals surface area contributed by atoms with Gasteiger partial charge < -0.3 is 9.88 Å². The minimum absolute atomic E-state index is 1.09. The molecule has 3 nitrogen and oxygen atoms in total. The van der Waals surface area contributed by atoms with Crippen LogP contribution in [0.3, 0.4) is 0 Å². The van der Waals surface area contributed by atoms with Gasteiger partial charge in [0.25, 0.3) is 0 Å². The van der Waals surface area contributed by atoms with Crippen molar-refractivity contribution in [2.45, 2.75) is 32.2 Å². The maximum absolute atomic E-state index is 4.02. The molecule has 0 spiro atoms. The number of aryl methyl sites for hydroxylation is 1. The fourth-order valence-electron chi connectivity index (χ4n) is 1.58.